The van der Waals surface area contributed by atoms with Crippen LogP contribution >= 0.6 is 0 Å². The van der Waals surface area contributed by atoms with Crippen molar-refractivity contribution in [2.24, 2.45) is 17.8 Å². The van der Waals surface area contributed by atoms with Gasteiger partial charge < -0.3 is 0 Å². The van der Waals surface area contributed by atoms with Crippen LogP contribution in [0.15, 0.2) is 0 Å². The first-order valence-electron chi connectivity index (χ1n) is 4.64. The van der Waals surface area contributed by atoms with Gasteiger partial charge >= 0.3 is 0 Å². The lowest BCUT2D eigenvalue weighted by atomic mass is 9.73. The number of rotatable bonds is 1. The molecule has 1 saturated carbocycles. The van der Waals surface area contributed by atoms with E-state index in [0.29, 0.717) is 6.42 Å². The van der Waals surface area contributed by atoms with E-state index in [9.17, 15) is 9.59 Å². The van der Waals surface area contributed by atoms with Crippen LogP contribution in [0.3, 0.4) is 0 Å². The lowest BCUT2D eigenvalue weighted by Crippen LogP contribution is -2.37. The summed E-state index contributed by atoms with van der Waals surface area (Å²) < 4.78 is 0. The maximum Gasteiger partial charge on any atom is 0.139 e. The number of hydrogen-bond donors (Lipinski definition) is 0. The monoisotopic (exact) mass is 168 g/mol. The summed E-state index contributed by atoms with van der Waals surface area (Å²) >= 11 is 0. The Hall–Kier alpha value is -0.660. The van der Waals surface area contributed by atoms with Crippen LogP contribution in [0.25, 0.3) is 0 Å². The Morgan fingerprint density at radius 1 is 1.25 bits per heavy atom. The maximum atomic E-state index is 11.6. The second kappa shape index (κ2) is 3.38. The number of carbonyl (C=O) groups is 2. The van der Waals surface area contributed by atoms with Crippen molar-refractivity contribution in [3.63, 3.8) is 0 Å². The minimum Gasteiger partial charge on any atom is -0.299 e. The molecule has 0 aromatic heterocycles. The highest BCUT2D eigenvalue weighted by molar-refractivity contribution is 5.97. The molecule has 0 spiro atoms. The first kappa shape index (κ1) is 9.43. The maximum absolute atomic E-state index is 11.6. The van der Waals surface area contributed by atoms with E-state index in [1.165, 1.54) is 0 Å². The Labute approximate surface area is 73.3 Å². The van der Waals surface area contributed by atoms with E-state index in [0.717, 1.165) is 6.42 Å². The third-order valence-electron chi connectivity index (χ3n) is 3.05. The van der Waals surface area contributed by atoms with Gasteiger partial charge in [0.25, 0.3) is 0 Å². The van der Waals surface area contributed by atoms with E-state index >= 15 is 0 Å². The lowest BCUT2D eigenvalue weighted by Gasteiger charge is -2.28. The SMILES string of the molecule is CCC1CC(=O)C(C)C(C)C1=O. The van der Waals surface area contributed by atoms with Crippen molar-refractivity contribution in [1.29, 1.82) is 0 Å². The summed E-state index contributed by atoms with van der Waals surface area (Å²) in [5.74, 6) is 0.429. The van der Waals surface area contributed by atoms with Gasteiger partial charge in [-0.3, -0.25) is 9.59 Å². The number of Topliss-reactive ketones (excluding diaryl/α,β-unsaturated/α-hetero) is 2. The Morgan fingerprint density at radius 2 is 1.83 bits per heavy atom. The third-order valence-corrected chi connectivity index (χ3v) is 3.05. The van der Waals surface area contributed by atoms with Crippen molar-refractivity contribution < 1.29 is 9.59 Å². The van der Waals surface area contributed by atoms with Gasteiger partial charge in [-0.15, -0.1) is 0 Å². The number of ketones is 2. The number of carbonyl (C=O) groups excluding carboxylic acids is 2. The molecular weight excluding hydrogens is 152 g/mol. The second-order valence-corrected chi connectivity index (χ2v) is 3.76. The molecule has 0 saturated heterocycles. The van der Waals surface area contributed by atoms with Crippen LogP contribution in [0.1, 0.15) is 33.6 Å². The molecule has 2 heteroatoms. The Bertz CT molecular complexity index is 204. The zero-order valence-electron chi connectivity index (χ0n) is 7.96. The van der Waals surface area contributed by atoms with Gasteiger partial charge in [0, 0.05) is 24.2 Å². The Morgan fingerprint density at radius 3 is 2.33 bits per heavy atom. The first-order valence-corrected chi connectivity index (χ1v) is 4.64. The molecule has 3 atom stereocenters. The standard InChI is InChI=1S/C10H16O2/c1-4-8-5-9(11)6(2)7(3)10(8)12/h6-8H,4-5H2,1-3H3. The highest BCUT2D eigenvalue weighted by atomic mass is 16.1. The van der Waals surface area contributed by atoms with E-state index < -0.39 is 0 Å². The quantitative estimate of drug-likeness (QED) is 0.598. The highest BCUT2D eigenvalue weighted by Gasteiger charge is 2.36. The van der Waals surface area contributed by atoms with E-state index in [1.54, 1.807) is 0 Å². The van der Waals surface area contributed by atoms with Gasteiger partial charge in [-0.2, -0.15) is 0 Å². The van der Waals surface area contributed by atoms with Crippen LogP contribution in [0, 0.1) is 17.8 Å². The van der Waals surface area contributed by atoms with Crippen LogP contribution in [0.2, 0.25) is 0 Å². The van der Waals surface area contributed by atoms with Gasteiger partial charge in [0.2, 0.25) is 0 Å². The molecule has 3 unspecified atom stereocenters. The molecule has 0 aromatic rings. The van der Waals surface area contributed by atoms with Crippen LogP contribution in [-0.2, 0) is 9.59 Å². The molecule has 0 aliphatic heterocycles. The summed E-state index contributed by atoms with van der Waals surface area (Å²) in [7, 11) is 0. The van der Waals surface area contributed by atoms with E-state index in [4.69, 9.17) is 0 Å². The zero-order chi connectivity index (χ0) is 9.30. The molecule has 0 N–H and O–H groups in total. The molecule has 1 fully saturated rings. The largest absolute Gasteiger partial charge is 0.299 e. The summed E-state index contributed by atoms with van der Waals surface area (Å²) in [6.07, 6.45) is 1.28. The van der Waals surface area contributed by atoms with Gasteiger partial charge in [0.1, 0.15) is 11.6 Å². The van der Waals surface area contributed by atoms with Crippen molar-refractivity contribution in [1.82, 2.24) is 0 Å². The third kappa shape index (κ3) is 1.43. The van der Waals surface area contributed by atoms with Crippen molar-refractivity contribution in [3.8, 4) is 0 Å². The molecular formula is C10H16O2. The summed E-state index contributed by atoms with van der Waals surface area (Å²) in [6, 6.07) is 0. The normalized spacial score (nSPS) is 37.1. The summed E-state index contributed by atoms with van der Waals surface area (Å²) in [6.45, 7) is 5.70. The molecule has 0 heterocycles. The van der Waals surface area contributed by atoms with Crippen LogP contribution in [-0.4, -0.2) is 11.6 Å². The molecule has 0 amide bonds. The molecule has 68 valence electrons. The topological polar surface area (TPSA) is 34.1 Å². The fourth-order valence-corrected chi connectivity index (χ4v) is 1.77. The van der Waals surface area contributed by atoms with Gasteiger partial charge in [-0.05, 0) is 6.42 Å². The highest BCUT2D eigenvalue weighted by Crippen LogP contribution is 2.29. The van der Waals surface area contributed by atoms with Crippen LogP contribution in [0.5, 0.6) is 0 Å². The van der Waals surface area contributed by atoms with Gasteiger partial charge in [0.05, 0.1) is 0 Å². The summed E-state index contributed by atoms with van der Waals surface area (Å²) in [5.41, 5.74) is 0. The van der Waals surface area contributed by atoms with E-state index in [2.05, 4.69) is 0 Å². The molecule has 1 aliphatic carbocycles. The summed E-state index contributed by atoms with van der Waals surface area (Å²) in [4.78, 5) is 22.9. The van der Waals surface area contributed by atoms with Gasteiger partial charge in [-0.1, -0.05) is 20.8 Å². The minimum atomic E-state index is -0.0591. The van der Waals surface area contributed by atoms with Crippen molar-refractivity contribution in [2.45, 2.75) is 33.6 Å². The molecule has 1 aliphatic rings. The minimum absolute atomic E-state index is 0.00343. The predicted octanol–water partition coefficient (Wildman–Crippen LogP) is 1.83. The molecule has 1 rings (SSSR count). The molecule has 0 bridgehead atoms. The van der Waals surface area contributed by atoms with E-state index in [1.807, 2.05) is 20.8 Å². The van der Waals surface area contributed by atoms with Crippen LogP contribution < -0.4 is 0 Å². The Kier molecular flexibility index (Phi) is 2.65. The van der Waals surface area contributed by atoms with Gasteiger partial charge in [-0.25, -0.2) is 0 Å². The molecule has 12 heavy (non-hydrogen) atoms. The molecule has 2 nitrogen and oxygen atoms in total. The van der Waals surface area contributed by atoms with Crippen LogP contribution in [0.4, 0.5) is 0 Å². The average molecular weight is 168 g/mol. The average Bonchev–Trinajstić information content (AvgIpc) is 2.08. The Balaban J connectivity index is 2.77. The van der Waals surface area contributed by atoms with Crippen molar-refractivity contribution in [3.05, 3.63) is 0 Å². The fraction of sp³-hybridized carbons (Fsp3) is 0.800. The van der Waals surface area contributed by atoms with E-state index in [-0.39, 0.29) is 29.3 Å². The predicted molar refractivity (Wildman–Crippen MR) is 46.7 cm³/mol. The fourth-order valence-electron chi connectivity index (χ4n) is 1.77. The first-order chi connectivity index (χ1) is 5.57. The zero-order valence-corrected chi connectivity index (χ0v) is 7.96. The second-order valence-electron chi connectivity index (χ2n) is 3.76. The molecule has 0 aromatic carbocycles. The smallest absolute Gasteiger partial charge is 0.139 e. The van der Waals surface area contributed by atoms with Crippen molar-refractivity contribution >= 4 is 11.6 Å². The van der Waals surface area contributed by atoms with Gasteiger partial charge in [0.15, 0.2) is 0 Å². The number of hydrogen-bond acceptors (Lipinski definition) is 2. The molecule has 0 radical (unpaired) electrons. The van der Waals surface area contributed by atoms with Crippen molar-refractivity contribution in [2.75, 3.05) is 0 Å². The lowest BCUT2D eigenvalue weighted by molar-refractivity contribution is -0.140. The summed E-state index contributed by atoms with van der Waals surface area (Å²) in [5, 5.41) is 0.